The zero-order chi connectivity index (χ0) is 15.4. The van der Waals surface area contributed by atoms with E-state index in [4.69, 9.17) is 4.74 Å². The molecule has 1 aliphatic rings. The highest BCUT2D eigenvalue weighted by atomic mass is 79.9. The third-order valence-electron chi connectivity index (χ3n) is 3.33. The van der Waals surface area contributed by atoms with Gasteiger partial charge in [0.1, 0.15) is 5.75 Å². The SMILES string of the molecule is CN1CCN(C(=O)COc2cc([N+](=O)[O-])ccc2Br)CC1. The molecule has 0 atom stereocenters. The van der Waals surface area contributed by atoms with Crippen molar-refractivity contribution in [3.63, 3.8) is 0 Å². The van der Waals surface area contributed by atoms with Gasteiger partial charge in [0, 0.05) is 32.2 Å². The highest BCUT2D eigenvalue weighted by molar-refractivity contribution is 9.10. The number of halogens is 1. The van der Waals surface area contributed by atoms with Crippen LogP contribution in [0, 0.1) is 10.1 Å². The number of nitro groups is 1. The van der Waals surface area contributed by atoms with Crippen LogP contribution in [0.5, 0.6) is 5.75 Å². The van der Waals surface area contributed by atoms with Crippen LogP contribution in [0.2, 0.25) is 0 Å². The van der Waals surface area contributed by atoms with Crippen molar-refractivity contribution in [3.8, 4) is 5.75 Å². The second kappa shape index (κ2) is 6.86. The van der Waals surface area contributed by atoms with Gasteiger partial charge in [0.15, 0.2) is 6.61 Å². The molecule has 1 amide bonds. The number of nitro benzene ring substituents is 1. The van der Waals surface area contributed by atoms with Crippen LogP contribution < -0.4 is 4.74 Å². The first-order valence-corrected chi connectivity index (χ1v) is 7.29. The van der Waals surface area contributed by atoms with E-state index in [1.54, 1.807) is 4.90 Å². The van der Waals surface area contributed by atoms with Crippen LogP contribution in [0.15, 0.2) is 22.7 Å². The molecule has 21 heavy (non-hydrogen) atoms. The normalized spacial score (nSPS) is 15.8. The minimum atomic E-state index is -0.498. The van der Waals surface area contributed by atoms with Crippen LogP contribution in [0.3, 0.4) is 0 Å². The second-order valence-corrected chi connectivity index (χ2v) is 5.70. The van der Waals surface area contributed by atoms with E-state index >= 15 is 0 Å². The zero-order valence-corrected chi connectivity index (χ0v) is 13.2. The van der Waals surface area contributed by atoms with Gasteiger partial charge in [0.05, 0.1) is 15.5 Å². The fraction of sp³-hybridized carbons (Fsp3) is 0.462. The van der Waals surface area contributed by atoms with Gasteiger partial charge in [-0.25, -0.2) is 0 Å². The lowest BCUT2D eigenvalue weighted by atomic mass is 10.3. The fourth-order valence-electron chi connectivity index (χ4n) is 2.00. The molecule has 0 bridgehead atoms. The van der Waals surface area contributed by atoms with Crippen LogP contribution >= 0.6 is 15.9 Å². The first-order chi connectivity index (χ1) is 9.97. The molecule has 1 aliphatic heterocycles. The molecule has 7 nitrogen and oxygen atoms in total. The van der Waals surface area contributed by atoms with Crippen molar-refractivity contribution in [1.29, 1.82) is 0 Å². The van der Waals surface area contributed by atoms with E-state index in [2.05, 4.69) is 20.8 Å². The number of carbonyl (C=O) groups excluding carboxylic acids is 1. The Labute approximate surface area is 130 Å². The lowest BCUT2D eigenvalue weighted by Gasteiger charge is -2.32. The summed E-state index contributed by atoms with van der Waals surface area (Å²) >= 11 is 3.25. The molecule has 2 rings (SSSR count). The van der Waals surface area contributed by atoms with E-state index < -0.39 is 4.92 Å². The standard InChI is InChI=1S/C13H16BrN3O4/c1-15-4-6-16(7-5-15)13(18)9-21-12-8-10(17(19)20)2-3-11(12)14/h2-3,8H,4-7,9H2,1H3. The van der Waals surface area contributed by atoms with E-state index in [9.17, 15) is 14.9 Å². The monoisotopic (exact) mass is 357 g/mol. The summed E-state index contributed by atoms with van der Waals surface area (Å²) in [6.07, 6.45) is 0. The minimum Gasteiger partial charge on any atom is -0.482 e. The largest absolute Gasteiger partial charge is 0.482 e. The Morgan fingerprint density at radius 1 is 1.38 bits per heavy atom. The Balaban J connectivity index is 1.94. The number of piperazine rings is 1. The molecule has 0 spiro atoms. The molecule has 1 aromatic rings. The van der Waals surface area contributed by atoms with E-state index in [1.165, 1.54) is 18.2 Å². The third kappa shape index (κ3) is 4.15. The van der Waals surface area contributed by atoms with Crippen molar-refractivity contribution in [2.75, 3.05) is 39.8 Å². The number of benzene rings is 1. The average molecular weight is 358 g/mol. The Hall–Kier alpha value is -1.67. The van der Waals surface area contributed by atoms with E-state index in [-0.39, 0.29) is 18.2 Å². The predicted molar refractivity (Wildman–Crippen MR) is 80.4 cm³/mol. The Bertz CT molecular complexity index is 544. The molecule has 1 fully saturated rings. The Morgan fingerprint density at radius 3 is 2.67 bits per heavy atom. The molecule has 1 heterocycles. The van der Waals surface area contributed by atoms with Gasteiger partial charge < -0.3 is 14.5 Å². The van der Waals surface area contributed by atoms with Crippen molar-refractivity contribution >= 4 is 27.5 Å². The molecular formula is C13H16BrN3O4. The summed E-state index contributed by atoms with van der Waals surface area (Å²) in [6, 6.07) is 4.22. The summed E-state index contributed by atoms with van der Waals surface area (Å²) in [5.41, 5.74) is -0.0692. The molecular weight excluding hydrogens is 342 g/mol. The van der Waals surface area contributed by atoms with Crippen LogP contribution in [-0.2, 0) is 4.79 Å². The summed E-state index contributed by atoms with van der Waals surface area (Å²) in [7, 11) is 2.01. The molecule has 0 N–H and O–H groups in total. The van der Waals surface area contributed by atoms with Gasteiger partial charge in [-0.05, 0) is 29.0 Å². The summed E-state index contributed by atoms with van der Waals surface area (Å²) in [5, 5.41) is 10.7. The van der Waals surface area contributed by atoms with Crippen molar-refractivity contribution in [2.45, 2.75) is 0 Å². The maximum absolute atomic E-state index is 12.0. The molecule has 0 aliphatic carbocycles. The third-order valence-corrected chi connectivity index (χ3v) is 3.99. The molecule has 114 valence electrons. The van der Waals surface area contributed by atoms with Gasteiger partial charge in [-0.3, -0.25) is 14.9 Å². The van der Waals surface area contributed by atoms with Crippen LogP contribution in [0.4, 0.5) is 5.69 Å². The number of non-ortho nitro benzene ring substituents is 1. The van der Waals surface area contributed by atoms with Crippen molar-refractivity contribution < 1.29 is 14.5 Å². The van der Waals surface area contributed by atoms with Gasteiger partial charge >= 0.3 is 0 Å². The minimum absolute atomic E-state index is 0.0692. The van der Waals surface area contributed by atoms with Crippen LogP contribution in [0.25, 0.3) is 0 Å². The molecule has 1 aromatic carbocycles. The summed E-state index contributed by atoms with van der Waals surface area (Å²) < 4.78 is 6.00. The van der Waals surface area contributed by atoms with Gasteiger partial charge in [-0.15, -0.1) is 0 Å². The number of nitrogens with zero attached hydrogens (tertiary/aromatic N) is 3. The van der Waals surface area contributed by atoms with E-state index in [0.717, 1.165) is 13.1 Å². The number of hydrogen-bond donors (Lipinski definition) is 0. The van der Waals surface area contributed by atoms with Crippen molar-refractivity contribution in [3.05, 3.63) is 32.8 Å². The molecule has 0 unspecified atom stereocenters. The number of ether oxygens (including phenoxy) is 1. The topological polar surface area (TPSA) is 75.9 Å². The zero-order valence-electron chi connectivity index (χ0n) is 11.6. The lowest BCUT2D eigenvalue weighted by molar-refractivity contribution is -0.385. The number of amides is 1. The van der Waals surface area contributed by atoms with Gasteiger partial charge in [0.25, 0.3) is 11.6 Å². The molecule has 0 radical (unpaired) electrons. The maximum Gasteiger partial charge on any atom is 0.273 e. The molecule has 0 aromatic heterocycles. The Morgan fingerprint density at radius 2 is 2.05 bits per heavy atom. The first-order valence-electron chi connectivity index (χ1n) is 6.50. The van der Waals surface area contributed by atoms with Crippen molar-refractivity contribution in [2.24, 2.45) is 0 Å². The summed E-state index contributed by atoms with van der Waals surface area (Å²) in [4.78, 5) is 26.2. The number of likely N-dealkylation sites (N-methyl/N-ethyl adjacent to an activating group) is 1. The highest BCUT2D eigenvalue weighted by Crippen LogP contribution is 2.29. The smallest absolute Gasteiger partial charge is 0.273 e. The van der Waals surface area contributed by atoms with Crippen molar-refractivity contribution in [1.82, 2.24) is 9.80 Å². The Kier molecular flexibility index (Phi) is 5.13. The quantitative estimate of drug-likeness (QED) is 0.603. The lowest BCUT2D eigenvalue weighted by Crippen LogP contribution is -2.48. The summed E-state index contributed by atoms with van der Waals surface area (Å²) in [6.45, 7) is 2.91. The predicted octanol–water partition coefficient (Wildman–Crippen LogP) is 1.51. The first kappa shape index (κ1) is 15.7. The maximum atomic E-state index is 12.0. The van der Waals surface area contributed by atoms with Crippen LogP contribution in [0.1, 0.15) is 0 Å². The number of hydrogen-bond acceptors (Lipinski definition) is 5. The van der Waals surface area contributed by atoms with E-state index in [1.807, 2.05) is 7.05 Å². The van der Waals surface area contributed by atoms with Gasteiger partial charge in [-0.2, -0.15) is 0 Å². The number of carbonyl (C=O) groups is 1. The summed E-state index contributed by atoms with van der Waals surface area (Å²) in [5.74, 6) is 0.188. The molecule has 0 saturated carbocycles. The average Bonchev–Trinajstić information content (AvgIpc) is 2.46. The van der Waals surface area contributed by atoms with Gasteiger partial charge in [-0.1, -0.05) is 0 Å². The molecule has 1 saturated heterocycles. The number of rotatable bonds is 4. The fourth-order valence-corrected chi connectivity index (χ4v) is 2.36. The highest BCUT2D eigenvalue weighted by Gasteiger charge is 2.20. The molecule has 8 heteroatoms. The van der Waals surface area contributed by atoms with E-state index in [0.29, 0.717) is 23.3 Å². The second-order valence-electron chi connectivity index (χ2n) is 4.84. The van der Waals surface area contributed by atoms with Gasteiger partial charge in [0.2, 0.25) is 0 Å². The van der Waals surface area contributed by atoms with Crippen LogP contribution in [-0.4, -0.2) is 60.5 Å².